The van der Waals surface area contributed by atoms with Gasteiger partial charge in [-0.2, -0.15) is 0 Å². The largest absolute Gasteiger partial charge is 0.481 e. The van der Waals surface area contributed by atoms with Crippen molar-refractivity contribution in [1.82, 2.24) is 24.9 Å². The first-order valence-corrected chi connectivity index (χ1v) is 9.62. The maximum atomic E-state index is 13.7. The van der Waals surface area contributed by atoms with Gasteiger partial charge >= 0.3 is 0 Å². The number of fused-ring (bicyclic) bond motifs is 3. The minimum Gasteiger partial charge on any atom is -0.481 e. The molecule has 9 heteroatoms. The van der Waals surface area contributed by atoms with Gasteiger partial charge in [-0.1, -0.05) is 26.0 Å². The highest BCUT2D eigenvalue weighted by atomic mass is 19.1. The van der Waals surface area contributed by atoms with Crippen LogP contribution in [0.15, 0.2) is 35.0 Å². The summed E-state index contributed by atoms with van der Waals surface area (Å²) in [5.41, 5.74) is 2.07. The smallest absolute Gasteiger partial charge is 0.258 e. The van der Waals surface area contributed by atoms with Crippen LogP contribution in [0.4, 0.5) is 4.39 Å². The van der Waals surface area contributed by atoms with Crippen LogP contribution in [0.5, 0.6) is 5.75 Å². The maximum Gasteiger partial charge on any atom is 0.258 e. The molecule has 0 saturated carbocycles. The lowest BCUT2D eigenvalue weighted by Gasteiger charge is -2.19. The number of aryl methyl sites for hydroxylation is 2. The number of amides is 1. The number of benzene rings is 1. The fourth-order valence-electron chi connectivity index (χ4n) is 3.24. The Morgan fingerprint density at radius 2 is 2.07 bits per heavy atom. The monoisotopic (exact) mass is 411 g/mol. The third kappa shape index (κ3) is 3.58. The first kappa shape index (κ1) is 19.8. The SMILES string of the molecule is Cc1oc2ncn3nc([C@@H](NC(=O)COc4ccccc4F)C(C)C)nc3c2c1C. The number of halogens is 1. The van der Waals surface area contributed by atoms with Gasteiger partial charge in [0.2, 0.25) is 5.71 Å². The molecule has 1 aromatic carbocycles. The molecule has 8 nitrogen and oxygen atoms in total. The van der Waals surface area contributed by atoms with E-state index in [0.717, 1.165) is 16.7 Å². The number of aromatic nitrogens is 4. The summed E-state index contributed by atoms with van der Waals surface area (Å²) in [6.45, 7) is 7.41. The number of hydrogen-bond donors (Lipinski definition) is 1. The van der Waals surface area contributed by atoms with Crippen molar-refractivity contribution in [3.05, 3.63) is 53.6 Å². The fraction of sp³-hybridized carbons (Fsp3) is 0.333. The second-order valence-electron chi connectivity index (χ2n) is 7.45. The van der Waals surface area contributed by atoms with Crippen LogP contribution in [-0.4, -0.2) is 32.1 Å². The van der Waals surface area contributed by atoms with E-state index < -0.39 is 17.8 Å². The van der Waals surface area contributed by atoms with Gasteiger partial charge in [-0.3, -0.25) is 4.79 Å². The number of carbonyl (C=O) groups excluding carboxylic acids is 1. The highest BCUT2D eigenvalue weighted by Crippen LogP contribution is 2.27. The first-order valence-electron chi connectivity index (χ1n) is 9.62. The van der Waals surface area contributed by atoms with E-state index in [1.165, 1.54) is 18.5 Å². The lowest BCUT2D eigenvalue weighted by Crippen LogP contribution is -2.35. The van der Waals surface area contributed by atoms with Crippen LogP contribution in [0.1, 0.15) is 37.0 Å². The molecule has 0 fully saturated rings. The summed E-state index contributed by atoms with van der Waals surface area (Å²) in [4.78, 5) is 21.4. The molecule has 1 N–H and O–H groups in total. The van der Waals surface area contributed by atoms with Crippen molar-refractivity contribution in [2.45, 2.75) is 33.7 Å². The van der Waals surface area contributed by atoms with Gasteiger partial charge in [0, 0.05) is 5.56 Å². The quantitative estimate of drug-likeness (QED) is 0.522. The molecule has 0 saturated heterocycles. The molecule has 0 aliphatic heterocycles. The van der Waals surface area contributed by atoms with Gasteiger partial charge in [0.05, 0.1) is 11.4 Å². The van der Waals surface area contributed by atoms with Crippen LogP contribution in [0.3, 0.4) is 0 Å². The van der Waals surface area contributed by atoms with Gasteiger partial charge in [-0.05, 0) is 31.9 Å². The average molecular weight is 411 g/mol. The predicted octanol–water partition coefficient (Wildman–Crippen LogP) is 3.52. The topological polar surface area (TPSA) is 94.6 Å². The van der Waals surface area contributed by atoms with Crippen molar-refractivity contribution in [1.29, 1.82) is 0 Å². The molecule has 3 heterocycles. The Kier molecular flexibility index (Phi) is 5.11. The standard InChI is InChI=1S/C21H22FN5O3/c1-11(2)18(24-16(28)9-29-15-8-6-5-7-14(15)22)19-25-20-17-12(3)13(4)30-21(17)23-10-27(20)26-19/h5-8,10-11,18H,9H2,1-4H3,(H,24,28)/t18-/m0/s1. The number of ether oxygens (including phenoxy) is 1. The third-order valence-corrected chi connectivity index (χ3v) is 4.98. The summed E-state index contributed by atoms with van der Waals surface area (Å²) >= 11 is 0. The van der Waals surface area contributed by atoms with Crippen molar-refractivity contribution >= 4 is 22.7 Å². The molecule has 0 spiro atoms. The van der Waals surface area contributed by atoms with Gasteiger partial charge < -0.3 is 14.5 Å². The Labute approximate surface area is 172 Å². The number of para-hydroxylation sites is 1. The zero-order valence-corrected chi connectivity index (χ0v) is 17.1. The van der Waals surface area contributed by atoms with Gasteiger partial charge in [0.1, 0.15) is 12.1 Å². The van der Waals surface area contributed by atoms with Crippen LogP contribution in [0, 0.1) is 25.6 Å². The van der Waals surface area contributed by atoms with Crippen molar-refractivity contribution in [2.24, 2.45) is 5.92 Å². The number of carbonyl (C=O) groups is 1. The molecule has 0 unspecified atom stereocenters. The third-order valence-electron chi connectivity index (χ3n) is 4.98. The van der Waals surface area contributed by atoms with E-state index in [4.69, 9.17) is 9.15 Å². The Hall–Kier alpha value is -3.49. The van der Waals surface area contributed by atoms with E-state index in [1.54, 1.807) is 16.6 Å². The van der Waals surface area contributed by atoms with Crippen LogP contribution in [0.25, 0.3) is 16.7 Å². The minimum absolute atomic E-state index is 0.00968. The number of furan rings is 1. The lowest BCUT2D eigenvalue weighted by molar-refractivity contribution is -0.124. The number of rotatable bonds is 6. The first-order chi connectivity index (χ1) is 14.3. The summed E-state index contributed by atoms with van der Waals surface area (Å²) in [6, 6.07) is 5.49. The highest BCUT2D eigenvalue weighted by molar-refractivity contribution is 5.91. The summed E-state index contributed by atoms with van der Waals surface area (Å²) in [7, 11) is 0. The van der Waals surface area contributed by atoms with E-state index >= 15 is 0 Å². The Morgan fingerprint density at radius 3 is 2.80 bits per heavy atom. The molecule has 0 bridgehead atoms. The molecule has 30 heavy (non-hydrogen) atoms. The molecule has 0 aliphatic rings. The molecule has 4 aromatic rings. The molecular weight excluding hydrogens is 389 g/mol. The minimum atomic E-state index is -0.519. The van der Waals surface area contributed by atoms with Gasteiger partial charge in [-0.15, -0.1) is 5.10 Å². The molecule has 3 aromatic heterocycles. The second kappa shape index (κ2) is 7.74. The van der Waals surface area contributed by atoms with Crippen LogP contribution >= 0.6 is 0 Å². The Morgan fingerprint density at radius 1 is 1.30 bits per heavy atom. The fourth-order valence-corrected chi connectivity index (χ4v) is 3.24. The van der Waals surface area contributed by atoms with Crippen molar-refractivity contribution < 1.29 is 18.3 Å². The average Bonchev–Trinajstić information content (AvgIpc) is 3.26. The molecule has 1 amide bonds. The number of nitrogens with zero attached hydrogens (tertiary/aromatic N) is 4. The highest BCUT2D eigenvalue weighted by Gasteiger charge is 2.25. The normalized spacial score (nSPS) is 12.6. The molecule has 0 radical (unpaired) electrons. The summed E-state index contributed by atoms with van der Waals surface area (Å²) < 4.78 is 26.2. The number of hydrogen-bond acceptors (Lipinski definition) is 6. The van der Waals surface area contributed by atoms with Gasteiger partial charge in [-0.25, -0.2) is 18.9 Å². The Balaban J connectivity index is 1.58. The van der Waals surface area contributed by atoms with E-state index in [1.807, 2.05) is 27.7 Å². The number of nitrogens with one attached hydrogen (secondary N) is 1. The van der Waals surface area contributed by atoms with Crippen LogP contribution < -0.4 is 10.1 Å². The van der Waals surface area contributed by atoms with Crippen molar-refractivity contribution in [3.63, 3.8) is 0 Å². The molecule has 1 atom stereocenters. The second-order valence-corrected chi connectivity index (χ2v) is 7.45. The van der Waals surface area contributed by atoms with E-state index in [0.29, 0.717) is 17.2 Å². The van der Waals surface area contributed by atoms with Crippen LogP contribution in [0.2, 0.25) is 0 Å². The molecule has 156 valence electrons. The predicted molar refractivity (Wildman–Crippen MR) is 108 cm³/mol. The van der Waals surface area contributed by atoms with Crippen molar-refractivity contribution in [2.75, 3.05) is 6.61 Å². The summed E-state index contributed by atoms with van der Waals surface area (Å²) in [5.74, 6) is 0.352. The van der Waals surface area contributed by atoms with Crippen LogP contribution in [-0.2, 0) is 4.79 Å². The van der Waals surface area contributed by atoms with E-state index in [-0.39, 0.29) is 18.3 Å². The van der Waals surface area contributed by atoms with Gasteiger partial charge in [0.25, 0.3) is 5.91 Å². The molecular formula is C21H22FN5O3. The zero-order chi connectivity index (χ0) is 21.4. The van der Waals surface area contributed by atoms with Gasteiger partial charge in [0.15, 0.2) is 29.6 Å². The lowest BCUT2D eigenvalue weighted by atomic mass is 10.0. The van der Waals surface area contributed by atoms with E-state index in [9.17, 15) is 9.18 Å². The molecule has 0 aliphatic carbocycles. The Bertz CT molecular complexity index is 1230. The maximum absolute atomic E-state index is 13.7. The van der Waals surface area contributed by atoms with E-state index in [2.05, 4.69) is 20.4 Å². The van der Waals surface area contributed by atoms with Crippen molar-refractivity contribution in [3.8, 4) is 5.75 Å². The summed E-state index contributed by atoms with van der Waals surface area (Å²) in [6.07, 6.45) is 1.54. The molecule has 4 rings (SSSR count). The summed E-state index contributed by atoms with van der Waals surface area (Å²) in [5, 5.41) is 8.19. The zero-order valence-electron chi connectivity index (χ0n) is 17.1.